The van der Waals surface area contributed by atoms with Crippen molar-refractivity contribution in [3.05, 3.63) is 17.7 Å². The van der Waals surface area contributed by atoms with Gasteiger partial charge in [0.05, 0.1) is 20.1 Å². The van der Waals surface area contributed by atoms with Crippen LogP contribution >= 0.6 is 0 Å². The normalized spacial score (nSPS) is 19.8. The molecule has 7 nitrogen and oxygen atoms in total. The summed E-state index contributed by atoms with van der Waals surface area (Å²) in [6.07, 6.45) is 0. The van der Waals surface area contributed by atoms with Gasteiger partial charge in [-0.25, -0.2) is 0 Å². The lowest BCUT2D eigenvalue weighted by atomic mass is 9.99. The van der Waals surface area contributed by atoms with Gasteiger partial charge in [0.25, 0.3) is 5.91 Å². The van der Waals surface area contributed by atoms with E-state index in [9.17, 15) is 23.5 Å². The fraction of sp³-hybridized carbons (Fsp3) is 0.500. The second kappa shape index (κ2) is 7.54. The Morgan fingerprint density at radius 3 is 2.16 bits per heavy atom. The highest BCUT2D eigenvalue weighted by atomic mass is 19.3. The van der Waals surface area contributed by atoms with E-state index < -0.39 is 24.4 Å². The van der Waals surface area contributed by atoms with E-state index in [0.29, 0.717) is 0 Å². The fourth-order valence-electron chi connectivity index (χ4n) is 2.85. The van der Waals surface area contributed by atoms with Gasteiger partial charge in [0.15, 0.2) is 11.5 Å². The smallest absolute Gasteiger partial charge is 0.387 e. The number of hydrogen-bond acceptors (Lipinski definition) is 5. The zero-order valence-electron chi connectivity index (χ0n) is 14.0. The number of hydrogen-bond donors (Lipinski definition) is 1. The summed E-state index contributed by atoms with van der Waals surface area (Å²) in [5, 5.41) is 9.17. The number of amides is 1. The molecule has 1 aromatic carbocycles. The number of carbonyl (C=O) groups excluding carboxylic acids is 1. The van der Waals surface area contributed by atoms with E-state index in [2.05, 4.69) is 4.74 Å². The average Bonchev–Trinajstić information content (AvgIpc) is 2.95. The van der Waals surface area contributed by atoms with Gasteiger partial charge >= 0.3 is 12.6 Å². The average molecular weight is 359 g/mol. The van der Waals surface area contributed by atoms with Crippen molar-refractivity contribution in [1.82, 2.24) is 4.90 Å². The molecule has 0 radical (unpaired) electrons. The second-order valence-electron chi connectivity index (χ2n) is 5.72. The van der Waals surface area contributed by atoms with Gasteiger partial charge < -0.3 is 24.2 Å². The third kappa shape index (κ3) is 3.92. The van der Waals surface area contributed by atoms with Gasteiger partial charge in [0.1, 0.15) is 0 Å². The highest BCUT2D eigenvalue weighted by Crippen LogP contribution is 2.40. The monoisotopic (exact) mass is 359 g/mol. The van der Waals surface area contributed by atoms with Crippen LogP contribution in [0, 0.1) is 11.8 Å². The number of nitrogens with zero attached hydrogens (tertiary/aromatic N) is 1. The van der Waals surface area contributed by atoms with Gasteiger partial charge in [-0.15, -0.1) is 0 Å². The molecule has 1 aliphatic rings. The van der Waals surface area contributed by atoms with Crippen molar-refractivity contribution in [1.29, 1.82) is 0 Å². The minimum Gasteiger partial charge on any atom is -0.493 e. The van der Waals surface area contributed by atoms with Crippen LogP contribution < -0.4 is 14.2 Å². The molecule has 0 aromatic heterocycles. The lowest BCUT2D eigenvalue weighted by Gasteiger charge is -2.19. The topological polar surface area (TPSA) is 85.3 Å². The molecule has 1 aromatic rings. The summed E-state index contributed by atoms with van der Waals surface area (Å²) < 4.78 is 39.5. The number of likely N-dealkylation sites (tertiary alicyclic amines) is 1. The molecule has 2 rings (SSSR count). The van der Waals surface area contributed by atoms with Crippen molar-refractivity contribution in [3.8, 4) is 17.2 Å². The van der Waals surface area contributed by atoms with E-state index in [0.717, 1.165) is 0 Å². The van der Waals surface area contributed by atoms with Crippen molar-refractivity contribution in [2.45, 2.75) is 13.5 Å². The molecular formula is C16H19F2NO6. The number of rotatable bonds is 6. The number of carboxylic acid groups (broad SMARTS) is 1. The SMILES string of the molecule is COc1cc(C(=O)N2C[C@@H](C)[C@H](C(=O)O)C2)cc(OC)c1OC(F)F. The predicted octanol–water partition coefficient (Wildman–Crippen LogP) is 2.10. The zero-order valence-corrected chi connectivity index (χ0v) is 14.0. The summed E-state index contributed by atoms with van der Waals surface area (Å²) in [5.74, 6) is -2.69. The molecule has 1 heterocycles. The number of carbonyl (C=O) groups is 2. The van der Waals surface area contributed by atoms with Crippen molar-refractivity contribution >= 4 is 11.9 Å². The first kappa shape index (κ1) is 18.8. The van der Waals surface area contributed by atoms with E-state index in [-0.39, 0.29) is 41.8 Å². The van der Waals surface area contributed by atoms with Crippen LogP contribution in [0.2, 0.25) is 0 Å². The molecule has 9 heteroatoms. The Hall–Kier alpha value is -2.58. The first-order valence-corrected chi connectivity index (χ1v) is 7.51. The molecule has 0 unspecified atom stereocenters. The standard InChI is InChI=1S/C16H19F2NO6/c1-8-6-19(7-10(8)15(21)22)14(20)9-4-11(23-2)13(25-16(17)18)12(5-9)24-3/h4-5,8,10,16H,6-7H2,1-3H3,(H,21,22)/t8-,10-/m1/s1. The van der Waals surface area contributed by atoms with Gasteiger partial charge in [0, 0.05) is 18.7 Å². The van der Waals surface area contributed by atoms with Gasteiger partial charge in [0.2, 0.25) is 5.75 Å². The number of ether oxygens (including phenoxy) is 3. The number of alkyl halides is 2. The lowest BCUT2D eigenvalue weighted by Crippen LogP contribution is -2.30. The molecule has 1 N–H and O–H groups in total. The number of methoxy groups -OCH3 is 2. The first-order chi connectivity index (χ1) is 11.8. The minimum absolute atomic E-state index is 0.0786. The van der Waals surface area contributed by atoms with E-state index in [1.54, 1.807) is 6.92 Å². The number of aliphatic carboxylic acids is 1. The maximum Gasteiger partial charge on any atom is 0.387 e. The highest BCUT2D eigenvalue weighted by molar-refractivity contribution is 5.96. The number of carboxylic acids is 1. The summed E-state index contributed by atoms with van der Waals surface area (Å²) in [5.41, 5.74) is 0.133. The molecule has 1 fully saturated rings. The predicted molar refractivity (Wildman–Crippen MR) is 82.4 cm³/mol. The van der Waals surface area contributed by atoms with Crippen molar-refractivity contribution in [2.75, 3.05) is 27.3 Å². The highest BCUT2D eigenvalue weighted by Gasteiger charge is 2.37. The van der Waals surface area contributed by atoms with Gasteiger partial charge in [-0.3, -0.25) is 9.59 Å². The molecular weight excluding hydrogens is 340 g/mol. The third-order valence-corrected chi connectivity index (χ3v) is 4.13. The van der Waals surface area contributed by atoms with Crippen molar-refractivity contribution < 1.29 is 37.7 Å². The molecule has 0 spiro atoms. The molecule has 1 saturated heterocycles. The maximum atomic E-state index is 12.7. The van der Waals surface area contributed by atoms with Crippen LogP contribution in [0.25, 0.3) is 0 Å². The van der Waals surface area contributed by atoms with E-state index >= 15 is 0 Å². The second-order valence-corrected chi connectivity index (χ2v) is 5.72. The molecule has 2 atom stereocenters. The van der Waals surface area contributed by atoms with Crippen molar-refractivity contribution in [3.63, 3.8) is 0 Å². The van der Waals surface area contributed by atoms with Crippen LogP contribution in [0.3, 0.4) is 0 Å². The largest absolute Gasteiger partial charge is 0.493 e. The maximum absolute atomic E-state index is 12.7. The van der Waals surface area contributed by atoms with Gasteiger partial charge in [-0.1, -0.05) is 6.92 Å². The Bertz CT molecular complexity index is 641. The van der Waals surface area contributed by atoms with E-state index in [4.69, 9.17) is 9.47 Å². The molecule has 0 aliphatic carbocycles. The quantitative estimate of drug-likeness (QED) is 0.837. The van der Waals surface area contributed by atoms with Crippen LogP contribution in [0.5, 0.6) is 17.2 Å². The van der Waals surface area contributed by atoms with Gasteiger partial charge in [-0.05, 0) is 18.1 Å². The van der Waals surface area contributed by atoms with Crippen LogP contribution in [-0.4, -0.2) is 55.8 Å². The van der Waals surface area contributed by atoms with Gasteiger partial charge in [-0.2, -0.15) is 8.78 Å². The fourth-order valence-corrected chi connectivity index (χ4v) is 2.85. The third-order valence-electron chi connectivity index (χ3n) is 4.13. The Morgan fingerprint density at radius 2 is 1.76 bits per heavy atom. The Labute approximate surface area is 143 Å². The summed E-state index contributed by atoms with van der Waals surface area (Å²) in [7, 11) is 2.50. The summed E-state index contributed by atoms with van der Waals surface area (Å²) in [6, 6.07) is 2.53. The van der Waals surface area contributed by atoms with Crippen LogP contribution in [0.15, 0.2) is 12.1 Å². The van der Waals surface area contributed by atoms with E-state index in [1.165, 1.54) is 31.3 Å². The molecule has 138 valence electrons. The molecule has 1 aliphatic heterocycles. The molecule has 0 saturated carbocycles. The van der Waals surface area contributed by atoms with Crippen molar-refractivity contribution in [2.24, 2.45) is 11.8 Å². The van der Waals surface area contributed by atoms with E-state index in [1.807, 2.05) is 0 Å². The summed E-state index contributed by atoms with van der Waals surface area (Å²) >= 11 is 0. The number of halogens is 2. The Balaban J connectivity index is 2.33. The first-order valence-electron chi connectivity index (χ1n) is 7.51. The lowest BCUT2D eigenvalue weighted by molar-refractivity contribution is -0.142. The zero-order chi connectivity index (χ0) is 18.7. The molecule has 25 heavy (non-hydrogen) atoms. The van der Waals surface area contributed by atoms with Crippen LogP contribution in [-0.2, 0) is 4.79 Å². The Morgan fingerprint density at radius 1 is 1.20 bits per heavy atom. The summed E-state index contributed by atoms with van der Waals surface area (Å²) in [6.45, 7) is -0.960. The Kier molecular flexibility index (Phi) is 5.66. The number of benzene rings is 1. The van der Waals surface area contributed by atoms with Crippen LogP contribution in [0.1, 0.15) is 17.3 Å². The van der Waals surface area contributed by atoms with Crippen LogP contribution in [0.4, 0.5) is 8.78 Å². The summed E-state index contributed by atoms with van der Waals surface area (Å²) in [4.78, 5) is 25.3. The molecule has 0 bridgehead atoms. The minimum atomic E-state index is -3.08. The molecule has 1 amide bonds.